The molecule has 0 aliphatic heterocycles. The van der Waals surface area contributed by atoms with Gasteiger partial charge in [-0.05, 0) is 35.0 Å². The number of unbranched alkanes of at least 4 members (excludes halogenated alkanes) is 1. The molecule has 5 nitrogen and oxygen atoms in total. The van der Waals surface area contributed by atoms with Crippen LogP contribution in [0.4, 0.5) is 5.69 Å². The van der Waals surface area contributed by atoms with E-state index < -0.39 is 0 Å². The number of benzene rings is 1. The Morgan fingerprint density at radius 1 is 1.38 bits per heavy atom. The van der Waals surface area contributed by atoms with Crippen LogP contribution in [0, 0.1) is 0 Å². The molecular weight excluding hydrogens is 202 g/mol. The van der Waals surface area contributed by atoms with Crippen LogP contribution in [0.2, 0.25) is 0 Å². The molecule has 2 rings (SSSR count). The predicted molar refractivity (Wildman–Crippen MR) is 62.2 cm³/mol. The molecule has 16 heavy (non-hydrogen) atoms. The quantitative estimate of drug-likeness (QED) is 0.789. The largest absolute Gasteiger partial charge is 0.399 e. The van der Waals surface area contributed by atoms with E-state index in [0.717, 1.165) is 36.5 Å². The summed E-state index contributed by atoms with van der Waals surface area (Å²) in [5.74, 6) is 0.882. The average molecular weight is 217 g/mol. The highest BCUT2D eigenvalue weighted by Crippen LogP contribution is 2.12. The third-order valence-electron chi connectivity index (χ3n) is 2.40. The first-order valence-electron chi connectivity index (χ1n) is 5.44. The number of hydrogen-bond donors (Lipinski definition) is 1. The van der Waals surface area contributed by atoms with Crippen LogP contribution in [0.25, 0.3) is 5.69 Å². The Bertz CT molecular complexity index is 463. The second-order valence-electron chi connectivity index (χ2n) is 3.71. The van der Waals surface area contributed by atoms with E-state index in [2.05, 4.69) is 22.4 Å². The van der Waals surface area contributed by atoms with Crippen LogP contribution in [0.3, 0.4) is 0 Å². The monoisotopic (exact) mass is 217 g/mol. The summed E-state index contributed by atoms with van der Waals surface area (Å²) in [5.41, 5.74) is 7.36. The number of nitrogens with two attached hydrogens (primary N) is 1. The molecule has 0 bridgehead atoms. The van der Waals surface area contributed by atoms with E-state index in [1.165, 1.54) is 0 Å². The second kappa shape index (κ2) is 4.74. The maximum absolute atomic E-state index is 5.73. The topological polar surface area (TPSA) is 69.6 Å². The highest BCUT2D eigenvalue weighted by atomic mass is 15.5. The fraction of sp³-hybridized carbons (Fsp3) is 0.364. The molecule has 0 aliphatic carbocycles. The molecular formula is C11H15N5. The van der Waals surface area contributed by atoms with E-state index in [1.54, 1.807) is 4.68 Å². The minimum atomic E-state index is 0.717. The van der Waals surface area contributed by atoms with Gasteiger partial charge in [0.25, 0.3) is 0 Å². The van der Waals surface area contributed by atoms with Gasteiger partial charge < -0.3 is 5.73 Å². The van der Waals surface area contributed by atoms with Crippen molar-refractivity contribution in [2.75, 3.05) is 5.73 Å². The van der Waals surface area contributed by atoms with Gasteiger partial charge >= 0.3 is 0 Å². The van der Waals surface area contributed by atoms with E-state index in [1.807, 2.05) is 24.3 Å². The summed E-state index contributed by atoms with van der Waals surface area (Å²) in [4.78, 5) is 0. The fourth-order valence-corrected chi connectivity index (χ4v) is 1.55. The summed E-state index contributed by atoms with van der Waals surface area (Å²) in [6.07, 6.45) is 3.10. The molecule has 2 aromatic rings. The number of anilines is 1. The molecule has 0 fully saturated rings. The highest BCUT2D eigenvalue weighted by Gasteiger charge is 2.07. The number of nitrogen functional groups attached to an aromatic ring is 1. The Kier molecular flexibility index (Phi) is 3.14. The molecule has 0 saturated carbocycles. The van der Waals surface area contributed by atoms with Crippen LogP contribution < -0.4 is 5.73 Å². The molecule has 1 aromatic heterocycles. The number of hydrogen-bond acceptors (Lipinski definition) is 4. The first-order chi connectivity index (χ1) is 7.81. The predicted octanol–water partition coefficient (Wildman–Crippen LogP) is 1.59. The molecule has 0 amide bonds. The molecule has 0 atom stereocenters. The molecule has 0 spiro atoms. The fourth-order valence-electron chi connectivity index (χ4n) is 1.55. The first kappa shape index (κ1) is 10.6. The van der Waals surface area contributed by atoms with E-state index in [0.29, 0.717) is 0 Å². The van der Waals surface area contributed by atoms with Gasteiger partial charge in [0.1, 0.15) is 0 Å². The van der Waals surface area contributed by atoms with Gasteiger partial charge in [0.2, 0.25) is 0 Å². The normalized spacial score (nSPS) is 10.6. The van der Waals surface area contributed by atoms with Crippen LogP contribution >= 0.6 is 0 Å². The van der Waals surface area contributed by atoms with Crippen LogP contribution in [0.1, 0.15) is 25.6 Å². The van der Waals surface area contributed by atoms with E-state index >= 15 is 0 Å². The lowest BCUT2D eigenvalue weighted by molar-refractivity contribution is 0.711. The molecule has 1 heterocycles. The van der Waals surface area contributed by atoms with Crippen molar-refractivity contribution < 1.29 is 0 Å². The van der Waals surface area contributed by atoms with Crippen LogP contribution in [-0.2, 0) is 6.42 Å². The van der Waals surface area contributed by atoms with Gasteiger partial charge in [0.05, 0.1) is 5.69 Å². The van der Waals surface area contributed by atoms with Gasteiger partial charge in [-0.3, -0.25) is 0 Å². The Morgan fingerprint density at radius 2 is 2.25 bits per heavy atom. The smallest absolute Gasteiger partial charge is 0.156 e. The summed E-state index contributed by atoms with van der Waals surface area (Å²) in [5, 5.41) is 11.7. The van der Waals surface area contributed by atoms with Gasteiger partial charge in [0.15, 0.2) is 5.82 Å². The summed E-state index contributed by atoms with van der Waals surface area (Å²) in [7, 11) is 0. The third kappa shape index (κ3) is 2.18. The summed E-state index contributed by atoms with van der Waals surface area (Å²) in [6, 6.07) is 7.56. The van der Waals surface area contributed by atoms with Crippen molar-refractivity contribution in [3.05, 3.63) is 30.1 Å². The van der Waals surface area contributed by atoms with Crippen molar-refractivity contribution in [2.24, 2.45) is 0 Å². The van der Waals surface area contributed by atoms with E-state index in [-0.39, 0.29) is 0 Å². The van der Waals surface area contributed by atoms with Crippen molar-refractivity contribution in [2.45, 2.75) is 26.2 Å². The Morgan fingerprint density at radius 3 is 3.00 bits per heavy atom. The van der Waals surface area contributed by atoms with Gasteiger partial charge in [-0.1, -0.05) is 19.4 Å². The van der Waals surface area contributed by atoms with Crippen LogP contribution in [0.15, 0.2) is 24.3 Å². The third-order valence-corrected chi connectivity index (χ3v) is 2.40. The zero-order chi connectivity index (χ0) is 11.4. The standard InChI is InChI=1S/C11H15N5/c1-2-3-7-11-13-14-15-16(11)10-6-4-5-9(12)8-10/h4-6,8H,2-3,7,12H2,1H3. The molecule has 0 saturated heterocycles. The van der Waals surface area contributed by atoms with Crippen molar-refractivity contribution in [1.29, 1.82) is 0 Å². The molecule has 5 heteroatoms. The van der Waals surface area contributed by atoms with Crippen molar-refractivity contribution in [3.63, 3.8) is 0 Å². The highest BCUT2D eigenvalue weighted by molar-refractivity contribution is 5.47. The Balaban J connectivity index is 2.29. The molecule has 0 aliphatic rings. The van der Waals surface area contributed by atoms with E-state index in [4.69, 9.17) is 5.73 Å². The lowest BCUT2D eigenvalue weighted by Crippen LogP contribution is -2.03. The van der Waals surface area contributed by atoms with Crippen molar-refractivity contribution in [3.8, 4) is 5.69 Å². The first-order valence-corrected chi connectivity index (χ1v) is 5.44. The molecule has 84 valence electrons. The summed E-state index contributed by atoms with van der Waals surface area (Å²) in [6.45, 7) is 2.15. The number of aromatic nitrogens is 4. The zero-order valence-corrected chi connectivity index (χ0v) is 9.30. The maximum atomic E-state index is 5.73. The minimum Gasteiger partial charge on any atom is -0.399 e. The molecule has 2 N–H and O–H groups in total. The maximum Gasteiger partial charge on any atom is 0.156 e. The molecule has 1 aromatic carbocycles. The Hall–Kier alpha value is -1.91. The Labute approximate surface area is 94.3 Å². The lowest BCUT2D eigenvalue weighted by atomic mass is 10.2. The molecule has 0 unspecified atom stereocenters. The van der Waals surface area contributed by atoms with Crippen molar-refractivity contribution >= 4 is 5.69 Å². The number of nitrogens with zero attached hydrogens (tertiary/aromatic N) is 4. The van der Waals surface area contributed by atoms with Crippen LogP contribution in [-0.4, -0.2) is 20.2 Å². The summed E-state index contributed by atoms with van der Waals surface area (Å²) < 4.78 is 1.74. The van der Waals surface area contributed by atoms with Crippen LogP contribution in [0.5, 0.6) is 0 Å². The number of rotatable bonds is 4. The number of aryl methyl sites for hydroxylation is 1. The summed E-state index contributed by atoms with van der Waals surface area (Å²) >= 11 is 0. The van der Waals surface area contributed by atoms with Gasteiger partial charge in [-0.2, -0.15) is 4.68 Å². The average Bonchev–Trinajstić information content (AvgIpc) is 2.74. The van der Waals surface area contributed by atoms with Crippen molar-refractivity contribution in [1.82, 2.24) is 20.2 Å². The lowest BCUT2D eigenvalue weighted by Gasteiger charge is -2.04. The van der Waals surface area contributed by atoms with Gasteiger partial charge in [-0.25, -0.2) is 0 Å². The SMILES string of the molecule is CCCCc1nnnn1-c1cccc(N)c1. The molecule has 0 radical (unpaired) electrons. The van der Waals surface area contributed by atoms with E-state index in [9.17, 15) is 0 Å². The van der Waals surface area contributed by atoms with Gasteiger partial charge in [0, 0.05) is 12.1 Å². The second-order valence-corrected chi connectivity index (χ2v) is 3.71. The zero-order valence-electron chi connectivity index (χ0n) is 9.30. The number of tetrazole rings is 1. The minimum absolute atomic E-state index is 0.717. The van der Waals surface area contributed by atoms with Gasteiger partial charge in [-0.15, -0.1) is 5.10 Å².